The molecule has 0 aromatic carbocycles. The lowest BCUT2D eigenvalue weighted by Gasteiger charge is -2.11. The molecule has 2 N–H and O–H groups in total. The molecule has 76 valence electrons. The van der Waals surface area contributed by atoms with Crippen LogP contribution in [0.4, 0.5) is 0 Å². The summed E-state index contributed by atoms with van der Waals surface area (Å²) in [4.78, 5) is 4.02. The fourth-order valence-corrected chi connectivity index (χ4v) is 1.91. The summed E-state index contributed by atoms with van der Waals surface area (Å²) in [6.45, 7) is 0.743. The smallest absolute Gasteiger partial charge is 0.147 e. The second-order valence-corrected chi connectivity index (χ2v) is 4.76. The Balaban J connectivity index is 2.14. The molecule has 2 rings (SSSR count). The van der Waals surface area contributed by atoms with Gasteiger partial charge >= 0.3 is 0 Å². The molecule has 0 spiro atoms. The first-order valence-electron chi connectivity index (χ1n) is 4.65. The first-order valence-corrected chi connectivity index (χ1v) is 5.41. The largest absolute Gasteiger partial charge is 0.330 e. The minimum absolute atomic E-state index is 0.318. The van der Waals surface area contributed by atoms with Crippen LogP contribution in [0.2, 0.25) is 10.2 Å². The van der Waals surface area contributed by atoms with Gasteiger partial charge in [0, 0.05) is 6.20 Å². The molecule has 0 amide bonds. The molecule has 0 unspecified atom stereocenters. The Morgan fingerprint density at radius 3 is 2.64 bits per heavy atom. The van der Waals surface area contributed by atoms with E-state index >= 15 is 0 Å². The highest BCUT2D eigenvalue weighted by atomic mass is 35.5. The topological polar surface area (TPSA) is 38.9 Å². The van der Waals surface area contributed by atoms with Crippen LogP contribution in [0.15, 0.2) is 12.3 Å². The Morgan fingerprint density at radius 1 is 1.43 bits per heavy atom. The molecule has 0 radical (unpaired) electrons. The SMILES string of the molecule is NCC1(Cc2cnc(Cl)c(Cl)c2)CC1. The van der Waals surface area contributed by atoms with E-state index in [1.807, 2.05) is 6.07 Å². The van der Waals surface area contributed by atoms with Crippen LogP contribution >= 0.6 is 23.2 Å². The van der Waals surface area contributed by atoms with Crippen LogP contribution in [0.5, 0.6) is 0 Å². The summed E-state index contributed by atoms with van der Waals surface area (Å²) in [5.41, 5.74) is 7.15. The van der Waals surface area contributed by atoms with Gasteiger partial charge in [-0.3, -0.25) is 0 Å². The molecular formula is C10H12Cl2N2. The van der Waals surface area contributed by atoms with Gasteiger partial charge in [-0.25, -0.2) is 4.98 Å². The third-order valence-corrected chi connectivity index (χ3v) is 3.51. The van der Waals surface area contributed by atoms with E-state index in [1.165, 1.54) is 12.8 Å². The van der Waals surface area contributed by atoms with E-state index < -0.39 is 0 Å². The van der Waals surface area contributed by atoms with E-state index in [0.29, 0.717) is 15.6 Å². The van der Waals surface area contributed by atoms with Crippen LogP contribution < -0.4 is 5.73 Å². The molecule has 1 saturated carbocycles. The molecule has 0 aliphatic heterocycles. The second kappa shape index (κ2) is 3.69. The van der Waals surface area contributed by atoms with Crippen molar-refractivity contribution in [2.24, 2.45) is 11.1 Å². The molecule has 1 aliphatic rings. The normalized spacial score (nSPS) is 18.2. The Kier molecular flexibility index (Phi) is 2.69. The quantitative estimate of drug-likeness (QED) is 0.812. The summed E-state index contributed by atoms with van der Waals surface area (Å²) in [7, 11) is 0. The van der Waals surface area contributed by atoms with Crippen molar-refractivity contribution in [1.29, 1.82) is 0 Å². The fraction of sp³-hybridized carbons (Fsp3) is 0.500. The van der Waals surface area contributed by atoms with Crippen molar-refractivity contribution in [3.63, 3.8) is 0 Å². The van der Waals surface area contributed by atoms with E-state index in [4.69, 9.17) is 28.9 Å². The number of aromatic nitrogens is 1. The minimum atomic E-state index is 0.318. The van der Waals surface area contributed by atoms with E-state index in [1.54, 1.807) is 6.20 Å². The zero-order valence-corrected chi connectivity index (χ0v) is 9.28. The van der Waals surface area contributed by atoms with E-state index in [-0.39, 0.29) is 0 Å². The van der Waals surface area contributed by atoms with Crippen molar-refractivity contribution < 1.29 is 0 Å². The maximum absolute atomic E-state index is 5.88. The average molecular weight is 231 g/mol. The Morgan fingerprint density at radius 2 is 2.14 bits per heavy atom. The molecule has 1 heterocycles. The Bertz CT molecular complexity index is 348. The zero-order valence-electron chi connectivity index (χ0n) is 7.76. The van der Waals surface area contributed by atoms with Crippen molar-refractivity contribution in [3.05, 3.63) is 28.0 Å². The van der Waals surface area contributed by atoms with Crippen molar-refractivity contribution >= 4 is 23.2 Å². The van der Waals surface area contributed by atoms with Gasteiger partial charge in [0.1, 0.15) is 5.15 Å². The van der Waals surface area contributed by atoms with Crippen LogP contribution in [0.25, 0.3) is 0 Å². The lowest BCUT2D eigenvalue weighted by atomic mass is 9.98. The third-order valence-electron chi connectivity index (χ3n) is 2.82. The summed E-state index contributed by atoms with van der Waals surface area (Å²) < 4.78 is 0. The van der Waals surface area contributed by atoms with Crippen LogP contribution in [0.1, 0.15) is 18.4 Å². The number of pyridine rings is 1. The van der Waals surface area contributed by atoms with Gasteiger partial charge in [-0.1, -0.05) is 23.2 Å². The predicted octanol–water partition coefficient (Wildman–Crippen LogP) is 2.67. The van der Waals surface area contributed by atoms with E-state index in [0.717, 1.165) is 18.5 Å². The molecular weight excluding hydrogens is 219 g/mol. The van der Waals surface area contributed by atoms with Crippen molar-refractivity contribution in [2.45, 2.75) is 19.3 Å². The number of halogens is 2. The number of hydrogen-bond acceptors (Lipinski definition) is 2. The van der Waals surface area contributed by atoms with Crippen LogP contribution in [0.3, 0.4) is 0 Å². The lowest BCUT2D eigenvalue weighted by Crippen LogP contribution is -2.17. The zero-order chi connectivity index (χ0) is 10.2. The van der Waals surface area contributed by atoms with Crippen molar-refractivity contribution in [3.8, 4) is 0 Å². The second-order valence-electron chi connectivity index (χ2n) is 4.00. The van der Waals surface area contributed by atoms with Gasteiger partial charge in [0.2, 0.25) is 0 Å². The summed E-state index contributed by atoms with van der Waals surface area (Å²) in [6, 6.07) is 1.88. The van der Waals surface area contributed by atoms with Gasteiger partial charge in [0.15, 0.2) is 0 Å². The van der Waals surface area contributed by atoms with Crippen molar-refractivity contribution in [1.82, 2.24) is 4.98 Å². The summed E-state index contributed by atoms with van der Waals surface area (Å²) in [5, 5.41) is 0.894. The van der Waals surface area contributed by atoms with Gasteiger partial charge < -0.3 is 5.73 Å². The molecule has 1 aromatic heterocycles. The number of hydrogen-bond donors (Lipinski definition) is 1. The first-order chi connectivity index (χ1) is 6.65. The maximum atomic E-state index is 5.88. The fourth-order valence-electron chi connectivity index (χ4n) is 1.62. The van der Waals surface area contributed by atoms with Gasteiger partial charge in [0.25, 0.3) is 0 Å². The van der Waals surface area contributed by atoms with E-state index in [9.17, 15) is 0 Å². The average Bonchev–Trinajstić information content (AvgIpc) is 2.93. The van der Waals surface area contributed by atoms with Crippen LogP contribution in [-0.2, 0) is 6.42 Å². The molecule has 0 bridgehead atoms. The first kappa shape index (κ1) is 10.2. The molecule has 4 heteroatoms. The van der Waals surface area contributed by atoms with Gasteiger partial charge in [0.05, 0.1) is 5.02 Å². The minimum Gasteiger partial charge on any atom is -0.330 e. The van der Waals surface area contributed by atoms with Gasteiger partial charge in [-0.2, -0.15) is 0 Å². The number of nitrogens with zero attached hydrogens (tertiary/aromatic N) is 1. The van der Waals surface area contributed by atoms with E-state index in [2.05, 4.69) is 4.98 Å². The third kappa shape index (κ3) is 2.02. The lowest BCUT2D eigenvalue weighted by molar-refractivity contribution is 0.520. The monoisotopic (exact) mass is 230 g/mol. The molecule has 0 atom stereocenters. The highest BCUT2D eigenvalue weighted by Crippen LogP contribution is 2.47. The molecule has 0 saturated heterocycles. The molecule has 1 aromatic rings. The molecule has 1 fully saturated rings. The molecule has 2 nitrogen and oxygen atoms in total. The van der Waals surface area contributed by atoms with Crippen LogP contribution in [-0.4, -0.2) is 11.5 Å². The standard InChI is InChI=1S/C10H12Cl2N2/c11-8-3-7(5-14-9(8)12)4-10(6-13)1-2-10/h3,5H,1-2,4,6,13H2. The highest BCUT2D eigenvalue weighted by molar-refractivity contribution is 6.41. The Hall–Kier alpha value is -0.310. The van der Waals surface area contributed by atoms with Crippen molar-refractivity contribution in [2.75, 3.05) is 6.54 Å². The van der Waals surface area contributed by atoms with Gasteiger partial charge in [-0.15, -0.1) is 0 Å². The number of rotatable bonds is 3. The maximum Gasteiger partial charge on any atom is 0.147 e. The molecule has 1 aliphatic carbocycles. The summed E-state index contributed by atoms with van der Waals surface area (Å²) in [5.74, 6) is 0. The van der Waals surface area contributed by atoms with Crippen LogP contribution in [0, 0.1) is 5.41 Å². The highest BCUT2D eigenvalue weighted by Gasteiger charge is 2.41. The Labute approximate surface area is 93.4 Å². The molecule has 14 heavy (non-hydrogen) atoms. The predicted molar refractivity (Wildman–Crippen MR) is 58.7 cm³/mol. The summed E-state index contributed by atoms with van der Waals surface area (Å²) in [6.07, 6.45) is 5.17. The number of nitrogens with two attached hydrogens (primary N) is 1. The summed E-state index contributed by atoms with van der Waals surface area (Å²) >= 11 is 11.6. The van der Waals surface area contributed by atoms with Gasteiger partial charge in [-0.05, 0) is 42.9 Å².